The van der Waals surface area contributed by atoms with Gasteiger partial charge in [-0.25, -0.2) is 8.78 Å². The molecule has 96 valence electrons. The summed E-state index contributed by atoms with van der Waals surface area (Å²) < 4.78 is 32.3. The predicted octanol–water partition coefficient (Wildman–Crippen LogP) is 3.24. The molecule has 0 saturated heterocycles. The third-order valence-corrected chi connectivity index (χ3v) is 2.85. The summed E-state index contributed by atoms with van der Waals surface area (Å²) in [5.41, 5.74) is -0.0325. The molecule has 1 rings (SSSR count). The van der Waals surface area contributed by atoms with Crippen molar-refractivity contribution in [2.45, 2.75) is 20.0 Å². The van der Waals surface area contributed by atoms with E-state index in [1.54, 1.807) is 0 Å². The summed E-state index contributed by atoms with van der Waals surface area (Å²) in [6.45, 7) is 4.06. The van der Waals surface area contributed by atoms with E-state index < -0.39 is 11.6 Å². The van der Waals surface area contributed by atoms with E-state index in [-0.39, 0.29) is 16.6 Å². The average molecular weight is 308 g/mol. The van der Waals surface area contributed by atoms with Crippen molar-refractivity contribution in [3.63, 3.8) is 0 Å². The first-order valence-corrected chi connectivity index (χ1v) is 6.37. The monoisotopic (exact) mass is 307 g/mol. The minimum atomic E-state index is -0.591. The highest BCUT2D eigenvalue weighted by atomic mass is 79.9. The van der Waals surface area contributed by atoms with E-state index in [1.807, 2.05) is 0 Å². The molecular formula is C12H16BrF2NO. The van der Waals surface area contributed by atoms with Gasteiger partial charge in [-0.1, -0.05) is 6.92 Å². The lowest BCUT2D eigenvalue weighted by Gasteiger charge is -2.08. The zero-order valence-electron chi connectivity index (χ0n) is 9.73. The van der Waals surface area contributed by atoms with Crippen molar-refractivity contribution in [1.29, 1.82) is 0 Å². The van der Waals surface area contributed by atoms with Gasteiger partial charge < -0.3 is 10.1 Å². The Bertz CT molecular complexity index is 361. The molecule has 1 aromatic rings. The first kappa shape index (κ1) is 14.5. The van der Waals surface area contributed by atoms with Crippen LogP contribution in [0.15, 0.2) is 16.6 Å². The Kier molecular flexibility index (Phi) is 6.62. The fraction of sp³-hybridized carbons (Fsp3) is 0.500. The Morgan fingerprint density at radius 3 is 2.76 bits per heavy atom. The van der Waals surface area contributed by atoms with Crippen molar-refractivity contribution in [3.05, 3.63) is 33.8 Å². The van der Waals surface area contributed by atoms with Crippen LogP contribution in [0.3, 0.4) is 0 Å². The molecule has 0 aliphatic heterocycles. The number of benzene rings is 1. The summed E-state index contributed by atoms with van der Waals surface area (Å²) in [6.07, 6.45) is 1.05. The summed E-state index contributed by atoms with van der Waals surface area (Å²) in [5.74, 6) is -1.17. The molecule has 0 aliphatic rings. The largest absolute Gasteiger partial charge is 0.375 e. The molecule has 0 aliphatic carbocycles. The topological polar surface area (TPSA) is 21.3 Å². The Labute approximate surface area is 108 Å². The van der Waals surface area contributed by atoms with E-state index in [0.29, 0.717) is 13.2 Å². The number of rotatable bonds is 7. The summed E-state index contributed by atoms with van der Waals surface area (Å²) in [4.78, 5) is 0. The van der Waals surface area contributed by atoms with Crippen LogP contribution in [0.25, 0.3) is 0 Å². The molecule has 0 unspecified atom stereocenters. The highest BCUT2D eigenvalue weighted by Crippen LogP contribution is 2.22. The predicted molar refractivity (Wildman–Crippen MR) is 66.9 cm³/mol. The van der Waals surface area contributed by atoms with Crippen molar-refractivity contribution < 1.29 is 13.5 Å². The lowest BCUT2D eigenvalue weighted by atomic mass is 10.2. The first-order valence-electron chi connectivity index (χ1n) is 5.57. The fourth-order valence-electron chi connectivity index (χ4n) is 1.32. The molecule has 17 heavy (non-hydrogen) atoms. The maximum Gasteiger partial charge on any atom is 0.145 e. The van der Waals surface area contributed by atoms with Gasteiger partial charge >= 0.3 is 0 Å². The number of nitrogens with one attached hydrogen (secondary N) is 1. The number of ether oxygens (including phenoxy) is 1. The van der Waals surface area contributed by atoms with Crippen molar-refractivity contribution in [1.82, 2.24) is 5.32 Å². The third-order valence-electron chi connectivity index (χ3n) is 2.24. The van der Waals surface area contributed by atoms with E-state index in [9.17, 15) is 8.78 Å². The van der Waals surface area contributed by atoms with Gasteiger partial charge in [-0.2, -0.15) is 0 Å². The van der Waals surface area contributed by atoms with Gasteiger partial charge in [-0.3, -0.25) is 0 Å². The highest BCUT2D eigenvalue weighted by Gasteiger charge is 2.11. The standard InChI is InChI=1S/C12H16BrF2NO/c1-2-5-16-6-7-17-8-9-11(14)4-3-10(13)12(9)15/h3-4,16H,2,5-8H2,1H3. The minimum absolute atomic E-state index is 0.0325. The maximum atomic E-state index is 13.5. The van der Waals surface area contributed by atoms with E-state index in [4.69, 9.17) is 4.74 Å². The minimum Gasteiger partial charge on any atom is -0.375 e. The zero-order valence-corrected chi connectivity index (χ0v) is 11.3. The molecule has 0 amide bonds. The second-order valence-electron chi connectivity index (χ2n) is 3.62. The van der Waals surface area contributed by atoms with Gasteiger partial charge in [-0.15, -0.1) is 0 Å². The maximum absolute atomic E-state index is 13.5. The molecule has 0 radical (unpaired) electrons. The third kappa shape index (κ3) is 4.69. The molecule has 0 spiro atoms. The van der Waals surface area contributed by atoms with Crippen LogP contribution in [0, 0.1) is 11.6 Å². The summed E-state index contributed by atoms with van der Waals surface area (Å²) in [6, 6.07) is 2.57. The van der Waals surface area contributed by atoms with Crippen molar-refractivity contribution in [2.75, 3.05) is 19.7 Å². The second kappa shape index (κ2) is 7.74. The van der Waals surface area contributed by atoms with Crippen molar-refractivity contribution in [3.8, 4) is 0 Å². The van der Waals surface area contributed by atoms with Crippen LogP contribution in [0.4, 0.5) is 8.78 Å². The van der Waals surface area contributed by atoms with Gasteiger partial charge in [0.05, 0.1) is 23.2 Å². The lowest BCUT2D eigenvalue weighted by molar-refractivity contribution is 0.117. The van der Waals surface area contributed by atoms with E-state index in [2.05, 4.69) is 28.2 Å². The molecule has 0 atom stereocenters. The van der Waals surface area contributed by atoms with Gasteiger partial charge in [0.1, 0.15) is 11.6 Å². The van der Waals surface area contributed by atoms with E-state index >= 15 is 0 Å². The molecular weight excluding hydrogens is 292 g/mol. The Morgan fingerprint density at radius 1 is 1.29 bits per heavy atom. The van der Waals surface area contributed by atoms with Crippen LogP contribution < -0.4 is 5.32 Å². The normalized spacial score (nSPS) is 10.8. The molecule has 0 aromatic heterocycles. The molecule has 0 fully saturated rings. The average Bonchev–Trinajstić information content (AvgIpc) is 2.32. The zero-order chi connectivity index (χ0) is 12.7. The molecule has 1 N–H and O–H groups in total. The van der Waals surface area contributed by atoms with E-state index in [1.165, 1.54) is 12.1 Å². The summed E-state index contributed by atoms with van der Waals surface area (Å²) in [5, 5.41) is 3.14. The van der Waals surface area contributed by atoms with Gasteiger partial charge in [0.15, 0.2) is 0 Å². The Balaban J connectivity index is 2.39. The summed E-state index contributed by atoms with van der Waals surface area (Å²) >= 11 is 3.01. The fourth-order valence-corrected chi connectivity index (χ4v) is 1.69. The smallest absolute Gasteiger partial charge is 0.145 e. The molecule has 5 heteroatoms. The first-order chi connectivity index (χ1) is 8.16. The van der Waals surface area contributed by atoms with Gasteiger partial charge in [0.2, 0.25) is 0 Å². The number of hydrogen-bond acceptors (Lipinski definition) is 2. The Hall–Kier alpha value is -0.520. The number of halogens is 3. The van der Waals surface area contributed by atoms with Gasteiger partial charge in [-0.05, 0) is 41.0 Å². The Morgan fingerprint density at radius 2 is 2.06 bits per heavy atom. The molecule has 0 saturated carbocycles. The van der Waals surface area contributed by atoms with E-state index in [0.717, 1.165) is 13.0 Å². The number of hydrogen-bond donors (Lipinski definition) is 1. The SMILES string of the molecule is CCCNCCOCc1c(F)ccc(Br)c1F. The van der Waals surface area contributed by atoms with Gasteiger partial charge in [0.25, 0.3) is 0 Å². The van der Waals surface area contributed by atoms with Crippen LogP contribution in [-0.2, 0) is 11.3 Å². The highest BCUT2D eigenvalue weighted by molar-refractivity contribution is 9.10. The summed E-state index contributed by atoms with van der Waals surface area (Å²) in [7, 11) is 0. The van der Waals surface area contributed by atoms with Crippen LogP contribution >= 0.6 is 15.9 Å². The van der Waals surface area contributed by atoms with Crippen LogP contribution in [0.1, 0.15) is 18.9 Å². The second-order valence-corrected chi connectivity index (χ2v) is 4.48. The van der Waals surface area contributed by atoms with Crippen molar-refractivity contribution in [2.24, 2.45) is 0 Å². The van der Waals surface area contributed by atoms with Gasteiger partial charge in [0, 0.05) is 6.54 Å². The van der Waals surface area contributed by atoms with Crippen LogP contribution in [0.5, 0.6) is 0 Å². The van der Waals surface area contributed by atoms with Crippen molar-refractivity contribution >= 4 is 15.9 Å². The van der Waals surface area contributed by atoms with Crippen LogP contribution in [-0.4, -0.2) is 19.7 Å². The molecule has 2 nitrogen and oxygen atoms in total. The lowest BCUT2D eigenvalue weighted by Crippen LogP contribution is -2.20. The quantitative estimate of drug-likeness (QED) is 0.617. The molecule has 0 heterocycles. The molecule has 1 aromatic carbocycles. The molecule has 0 bridgehead atoms. The van der Waals surface area contributed by atoms with Crippen LogP contribution in [0.2, 0.25) is 0 Å².